The Bertz CT molecular complexity index is 1340. The number of para-hydroxylation sites is 1. The maximum atomic E-state index is 13.1. The zero-order valence-corrected chi connectivity index (χ0v) is 20.7. The molecule has 1 aromatic heterocycles. The van der Waals surface area contributed by atoms with Crippen LogP contribution in [0.25, 0.3) is 0 Å². The minimum Gasteiger partial charge on any atom is -0.438 e. The molecule has 0 N–H and O–H groups in total. The molecule has 6 nitrogen and oxygen atoms in total. The Morgan fingerprint density at radius 3 is 2.31 bits per heavy atom. The number of aromatic nitrogens is 2. The van der Waals surface area contributed by atoms with Crippen LogP contribution < -0.4 is 9.64 Å². The van der Waals surface area contributed by atoms with Gasteiger partial charge in [0.25, 0.3) is 0 Å². The van der Waals surface area contributed by atoms with Crippen molar-refractivity contribution in [1.82, 2.24) is 14.9 Å². The first-order valence-electron chi connectivity index (χ1n) is 12.3. The Hall–Kier alpha value is -4.19. The van der Waals surface area contributed by atoms with Crippen LogP contribution >= 0.6 is 0 Å². The number of ether oxygens (including phenoxy) is 1. The second kappa shape index (κ2) is 10.6. The van der Waals surface area contributed by atoms with E-state index in [4.69, 9.17) is 14.7 Å². The van der Waals surface area contributed by atoms with Crippen molar-refractivity contribution in [2.45, 2.75) is 32.9 Å². The smallest absolute Gasteiger partial charge is 0.229 e. The number of hydrogen-bond donors (Lipinski definition) is 0. The van der Waals surface area contributed by atoms with Crippen molar-refractivity contribution in [2.75, 3.05) is 18.5 Å². The summed E-state index contributed by atoms with van der Waals surface area (Å²) >= 11 is 0. The number of amides is 1. The molecule has 5 rings (SSSR count). The molecule has 0 saturated heterocycles. The van der Waals surface area contributed by atoms with Crippen LogP contribution in [0.5, 0.6) is 11.6 Å². The summed E-state index contributed by atoms with van der Waals surface area (Å²) in [7, 11) is 1.99. The Labute approximate surface area is 212 Å². The Balaban J connectivity index is 1.44. The van der Waals surface area contributed by atoms with E-state index in [-0.39, 0.29) is 5.91 Å². The van der Waals surface area contributed by atoms with Crippen LogP contribution in [-0.4, -0.2) is 34.4 Å². The molecular weight excluding hydrogens is 448 g/mol. The highest BCUT2D eigenvalue weighted by molar-refractivity contribution is 5.79. The largest absolute Gasteiger partial charge is 0.438 e. The van der Waals surface area contributed by atoms with E-state index in [0.717, 1.165) is 28.1 Å². The fraction of sp³-hybridized carbons (Fsp3) is 0.233. The third kappa shape index (κ3) is 5.38. The van der Waals surface area contributed by atoms with Gasteiger partial charge in [0.05, 0.1) is 24.2 Å². The van der Waals surface area contributed by atoms with Gasteiger partial charge in [0.2, 0.25) is 17.7 Å². The molecule has 0 bridgehead atoms. The van der Waals surface area contributed by atoms with E-state index in [1.54, 1.807) is 0 Å². The van der Waals surface area contributed by atoms with Crippen LogP contribution in [0, 0.1) is 6.92 Å². The second-order valence-electron chi connectivity index (χ2n) is 9.19. The lowest BCUT2D eigenvalue weighted by Gasteiger charge is -2.30. The summed E-state index contributed by atoms with van der Waals surface area (Å²) in [5, 5.41) is 0. The number of anilines is 1. The molecule has 1 aliphatic rings. The summed E-state index contributed by atoms with van der Waals surface area (Å²) in [6.07, 6.45) is 1.04. The van der Waals surface area contributed by atoms with Crippen LogP contribution in [0.3, 0.4) is 0 Å². The summed E-state index contributed by atoms with van der Waals surface area (Å²) < 4.78 is 6.38. The molecule has 6 heteroatoms. The van der Waals surface area contributed by atoms with Gasteiger partial charge in [-0.1, -0.05) is 78.9 Å². The number of carbonyl (C=O) groups excluding carboxylic acids is 1. The van der Waals surface area contributed by atoms with E-state index in [1.807, 2.05) is 96.6 Å². The molecule has 182 valence electrons. The van der Waals surface area contributed by atoms with Crippen molar-refractivity contribution in [2.24, 2.45) is 0 Å². The maximum Gasteiger partial charge on any atom is 0.229 e. The minimum atomic E-state index is 0.0963. The first-order chi connectivity index (χ1) is 17.6. The number of nitrogens with zero attached hydrogens (tertiary/aromatic N) is 4. The van der Waals surface area contributed by atoms with Crippen LogP contribution in [0.4, 0.5) is 5.95 Å². The van der Waals surface area contributed by atoms with Crippen molar-refractivity contribution < 1.29 is 9.53 Å². The fourth-order valence-electron chi connectivity index (χ4n) is 4.42. The number of carbonyl (C=O) groups is 1. The lowest BCUT2D eigenvalue weighted by molar-refractivity contribution is -0.131. The van der Waals surface area contributed by atoms with Crippen LogP contribution in [0.1, 0.15) is 27.9 Å². The highest BCUT2D eigenvalue weighted by atomic mass is 16.5. The van der Waals surface area contributed by atoms with Crippen LogP contribution in [-0.2, 0) is 30.7 Å². The average molecular weight is 479 g/mol. The Morgan fingerprint density at radius 2 is 1.58 bits per heavy atom. The van der Waals surface area contributed by atoms with Crippen LogP contribution in [0.15, 0.2) is 84.9 Å². The molecule has 4 aromatic rings. The predicted molar refractivity (Wildman–Crippen MR) is 141 cm³/mol. The number of fused-ring (bicyclic) bond motifs is 1. The molecule has 2 heterocycles. The molecule has 0 spiro atoms. The third-order valence-corrected chi connectivity index (χ3v) is 6.47. The normalized spacial score (nSPS) is 12.7. The zero-order chi connectivity index (χ0) is 24.9. The quantitative estimate of drug-likeness (QED) is 0.359. The molecular formula is C30H30N4O2. The summed E-state index contributed by atoms with van der Waals surface area (Å²) in [5.41, 5.74) is 5.03. The van der Waals surface area contributed by atoms with Gasteiger partial charge in [-0.05, 0) is 29.7 Å². The summed E-state index contributed by atoms with van der Waals surface area (Å²) in [4.78, 5) is 26.8. The van der Waals surface area contributed by atoms with Crippen molar-refractivity contribution in [3.8, 4) is 11.6 Å². The maximum absolute atomic E-state index is 13.1. The van der Waals surface area contributed by atoms with E-state index >= 15 is 0 Å². The van der Waals surface area contributed by atoms with Gasteiger partial charge in [0.1, 0.15) is 5.75 Å². The van der Waals surface area contributed by atoms with Gasteiger partial charge in [-0.2, -0.15) is 4.98 Å². The topological polar surface area (TPSA) is 58.6 Å². The van der Waals surface area contributed by atoms with Gasteiger partial charge < -0.3 is 14.5 Å². The van der Waals surface area contributed by atoms with E-state index in [1.165, 1.54) is 5.56 Å². The van der Waals surface area contributed by atoms with Crippen LogP contribution in [0.2, 0.25) is 0 Å². The van der Waals surface area contributed by atoms with Gasteiger partial charge in [-0.15, -0.1) is 0 Å². The first kappa shape index (κ1) is 23.5. The SMILES string of the molecule is Cc1ccccc1Oc1nc(N(C)Cc2ccccc2)nc2c1CN(C(=O)Cc1ccccc1)CC2. The Kier molecular flexibility index (Phi) is 6.94. The van der Waals surface area contributed by atoms with Crippen molar-refractivity contribution in [3.05, 3.63) is 113 Å². The van der Waals surface area contributed by atoms with E-state index < -0.39 is 0 Å². The fourth-order valence-corrected chi connectivity index (χ4v) is 4.42. The highest BCUT2D eigenvalue weighted by Gasteiger charge is 2.27. The number of hydrogen-bond acceptors (Lipinski definition) is 5. The molecule has 0 atom stereocenters. The van der Waals surface area contributed by atoms with E-state index in [2.05, 4.69) is 12.1 Å². The molecule has 1 amide bonds. The first-order valence-corrected chi connectivity index (χ1v) is 12.3. The molecule has 1 aliphatic heterocycles. The molecule has 0 saturated carbocycles. The van der Waals surface area contributed by atoms with Gasteiger partial charge in [-0.25, -0.2) is 4.98 Å². The molecule has 0 fully saturated rings. The van der Waals surface area contributed by atoms with Gasteiger partial charge in [0, 0.05) is 26.6 Å². The van der Waals surface area contributed by atoms with Gasteiger partial charge >= 0.3 is 0 Å². The van der Waals surface area contributed by atoms with Gasteiger partial charge in [0.15, 0.2) is 0 Å². The third-order valence-electron chi connectivity index (χ3n) is 6.47. The van der Waals surface area contributed by atoms with Crippen molar-refractivity contribution in [1.29, 1.82) is 0 Å². The molecule has 3 aromatic carbocycles. The van der Waals surface area contributed by atoms with E-state index in [9.17, 15) is 4.79 Å². The second-order valence-corrected chi connectivity index (χ2v) is 9.19. The zero-order valence-electron chi connectivity index (χ0n) is 20.7. The van der Waals surface area contributed by atoms with Crippen molar-refractivity contribution in [3.63, 3.8) is 0 Å². The van der Waals surface area contributed by atoms with Crippen molar-refractivity contribution >= 4 is 11.9 Å². The molecule has 36 heavy (non-hydrogen) atoms. The summed E-state index contributed by atoms with van der Waals surface area (Å²) in [6.45, 7) is 3.76. The predicted octanol–water partition coefficient (Wildman–Crippen LogP) is 5.34. The summed E-state index contributed by atoms with van der Waals surface area (Å²) in [5.74, 6) is 1.98. The number of rotatable bonds is 7. The Morgan fingerprint density at radius 1 is 0.917 bits per heavy atom. The molecule has 0 unspecified atom stereocenters. The molecule has 0 aliphatic carbocycles. The minimum absolute atomic E-state index is 0.0963. The van der Waals surface area contributed by atoms with E-state index in [0.29, 0.717) is 44.3 Å². The summed E-state index contributed by atoms with van der Waals surface area (Å²) in [6, 6.07) is 28.0. The monoisotopic (exact) mass is 478 g/mol. The van der Waals surface area contributed by atoms with Gasteiger partial charge in [-0.3, -0.25) is 4.79 Å². The lowest BCUT2D eigenvalue weighted by Crippen LogP contribution is -2.38. The highest BCUT2D eigenvalue weighted by Crippen LogP contribution is 2.33. The standard InChI is InChI=1S/C30H30N4O2/c1-22-11-9-10-16-27(22)36-29-25-21-34(28(35)19-23-12-5-3-6-13-23)18-17-26(25)31-30(32-29)33(2)20-24-14-7-4-8-15-24/h3-16H,17-21H2,1-2H3. The average Bonchev–Trinajstić information content (AvgIpc) is 2.90. The lowest BCUT2D eigenvalue weighted by atomic mass is 10.0. The number of aryl methyl sites for hydroxylation is 1. The molecule has 0 radical (unpaired) electrons. The number of benzene rings is 3.